The first-order valence-corrected chi connectivity index (χ1v) is 6.73. The van der Waals surface area contributed by atoms with E-state index < -0.39 is 0 Å². The summed E-state index contributed by atoms with van der Waals surface area (Å²) in [6.45, 7) is 2.85. The SMILES string of the molecule is CCCCCCNC(=O)c1c(OC)cccc1OC. The standard InChI is InChI=1S/C15H23NO3/c1-4-5-6-7-11-16-15(17)14-12(18-2)9-8-10-13(14)19-3/h8-10H,4-7,11H2,1-3H3,(H,16,17). The Morgan fingerprint density at radius 1 is 1.11 bits per heavy atom. The molecule has 19 heavy (non-hydrogen) atoms. The molecule has 4 heteroatoms. The fourth-order valence-corrected chi connectivity index (χ4v) is 1.92. The van der Waals surface area contributed by atoms with E-state index in [1.165, 1.54) is 12.8 Å². The van der Waals surface area contributed by atoms with E-state index >= 15 is 0 Å². The molecule has 0 aliphatic rings. The van der Waals surface area contributed by atoms with Crippen molar-refractivity contribution < 1.29 is 14.3 Å². The Kier molecular flexibility index (Phi) is 6.79. The molecule has 0 saturated carbocycles. The molecular weight excluding hydrogens is 242 g/mol. The van der Waals surface area contributed by atoms with Gasteiger partial charge in [-0.3, -0.25) is 4.79 Å². The molecule has 1 amide bonds. The van der Waals surface area contributed by atoms with Gasteiger partial charge in [-0.1, -0.05) is 32.3 Å². The molecule has 106 valence electrons. The van der Waals surface area contributed by atoms with Crippen molar-refractivity contribution in [2.75, 3.05) is 20.8 Å². The van der Waals surface area contributed by atoms with E-state index in [2.05, 4.69) is 12.2 Å². The van der Waals surface area contributed by atoms with Crippen LogP contribution in [0.1, 0.15) is 43.0 Å². The van der Waals surface area contributed by atoms with Gasteiger partial charge in [-0.2, -0.15) is 0 Å². The molecule has 0 aliphatic carbocycles. The number of amides is 1. The smallest absolute Gasteiger partial charge is 0.258 e. The second-order valence-electron chi connectivity index (χ2n) is 4.35. The summed E-state index contributed by atoms with van der Waals surface area (Å²) in [6, 6.07) is 5.32. The van der Waals surface area contributed by atoms with Crippen molar-refractivity contribution in [2.45, 2.75) is 32.6 Å². The van der Waals surface area contributed by atoms with E-state index in [1.807, 2.05) is 0 Å². The van der Waals surface area contributed by atoms with Crippen LogP contribution in [0.2, 0.25) is 0 Å². The number of benzene rings is 1. The number of hydrogen-bond donors (Lipinski definition) is 1. The number of nitrogens with one attached hydrogen (secondary N) is 1. The molecule has 0 saturated heterocycles. The molecule has 0 unspecified atom stereocenters. The quantitative estimate of drug-likeness (QED) is 0.735. The molecule has 4 nitrogen and oxygen atoms in total. The average molecular weight is 265 g/mol. The van der Waals surface area contributed by atoms with Crippen LogP contribution in [0.4, 0.5) is 0 Å². The van der Waals surface area contributed by atoms with E-state index in [0.29, 0.717) is 23.6 Å². The summed E-state index contributed by atoms with van der Waals surface area (Å²) in [7, 11) is 3.10. The monoisotopic (exact) mass is 265 g/mol. The van der Waals surface area contributed by atoms with Gasteiger partial charge < -0.3 is 14.8 Å². The van der Waals surface area contributed by atoms with E-state index in [-0.39, 0.29) is 5.91 Å². The van der Waals surface area contributed by atoms with E-state index in [9.17, 15) is 4.79 Å². The fraction of sp³-hybridized carbons (Fsp3) is 0.533. The van der Waals surface area contributed by atoms with Crippen molar-refractivity contribution in [3.8, 4) is 11.5 Å². The number of hydrogen-bond acceptors (Lipinski definition) is 3. The molecule has 0 radical (unpaired) electrons. The molecule has 1 N–H and O–H groups in total. The minimum atomic E-state index is -0.147. The highest BCUT2D eigenvalue weighted by Crippen LogP contribution is 2.27. The van der Waals surface area contributed by atoms with Gasteiger partial charge in [0.05, 0.1) is 14.2 Å². The van der Waals surface area contributed by atoms with Gasteiger partial charge in [0.25, 0.3) is 5.91 Å². The normalized spacial score (nSPS) is 10.1. The van der Waals surface area contributed by atoms with Gasteiger partial charge in [0, 0.05) is 6.54 Å². The van der Waals surface area contributed by atoms with Gasteiger partial charge >= 0.3 is 0 Å². The topological polar surface area (TPSA) is 47.6 Å². The second kappa shape index (κ2) is 8.40. The van der Waals surface area contributed by atoms with Crippen molar-refractivity contribution in [1.29, 1.82) is 0 Å². The van der Waals surface area contributed by atoms with Gasteiger partial charge in [0.15, 0.2) is 0 Å². The summed E-state index contributed by atoms with van der Waals surface area (Å²) in [6.07, 6.45) is 4.53. The summed E-state index contributed by atoms with van der Waals surface area (Å²) < 4.78 is 10.4. The molecule has 0 fully saturated rings. The lowest BCUT2D eigenvalue weighted by Gasteiger charge is -2.12. The summed E-state index contributed by atoms with van der Waals surface area (Å²) >= 11 is 0. The minimum Gasteiger partial charge on any atom is -0.496 e. The third kappa shape index (κ3) is 4.47. The zero-order chi connectivity index (χ0) is 14.1. The predicted molar refractivity (Wildman–Crippen MR) is 76.0 cm³/mol. The first kappa shape index (κ1) is 15.3. The highest BCUT2D eigenvalue weighted by molar-refractivity contribution is 5.99. The molecule has 0 atom stereocenters. The van der Waals surface area contributed by atoms with Crippen molar-refractivity contribution in [1.82, 2.24) is 5.32 Å². The zero-order valence-corrected chi connectivity index (χ0v) is 12.0. The Balaban J connectivity index is 2.65. The van der Waals surface area contributed by atoms with Crippen LogP contribution in [0.5, 0.6) is 11.5 Å². The summed E-state index contributed by atoms with van der Waals surface area (Å²) in [5.41, 5.74) is 0.461. The molecule has 0 aromatic heterocycles. The first-order valence-electron chi connectivity index (χ1n) is 6.73. The molecule has 0 spiro atoms. The Morgan fingerprint density at radius 2 is 1.74 bits per heavy atom. The number of carbonyl (C=O) groups is 1. The Labute approximate surface area is 115 Å². The van der Waals surface area contributed by atoms with Crippen molar-refractivity contribution in [2.24, 2.45) is 0 Å². The fourth-order valence-electron chi connectivity index (χ4n) is 1.92. The van der Waals surface area contributed by atoms with Crippen molar-refractivity contribution in [3.63, 3.8) is 0 Å². The number of ether oxygens (including phenoxy) is 2. The van der Waals surface area contributed by atoms with Gasteiger partial charge in [-0.15, -0.1) is 0 Å². The van der Waals surface area contributed by atoms with Crippen LogP contribution in [0.3, 0.4) is 0 Å². The largest absolute Gasteiger partial charge is 0.496 e. The maximum atomic E-state index is 12.2. The number of methoxy groups -OCH3 is 2. The minimum absolute atomic E-state index is 0.147. The molecule has 0 bridgehead atoms. The van der Waals surface area contributed by atoms with Gasteiger partial charge in [-0.25, -0.2) is 0 Å². The first-order chi connectivity index (χ1) is 9.24. The Hall–Kier alpha value is -1.71. The van der Waals surface area contributed by atoms with Crippen LogP contribution in [0.25, 0.3) is 0 Å². The highest BCUT2D eigenvalue weighted by Gasteiger charge is 2.17. The molecular formula is C15H23NO3. The number of carbonyl (C=O) groups excluding carboxylic acids is 1. The average Bonchev–Trinajstić information content (AvgIpc) is 2.45. The molecule has 1 aromatic rings. The van der Waals surface area contributed by atoms with E-state index in [0.717, 1.165) is 12.8 Å². The lowest BCUT2D eigenvalue weighted by molar-refractivity contribution is 0.0946. The lowest BCUT2D eigenvalue weighted by Crippen LogP contribution is -2.25. The molecule has 0 heterocycles. The third-order valence-electron chi connectivity index (χ3n) is 2.97. The number of unbranched alkanes of at least 4 members (excludes halogenated alkanes) is 3. The van der Waals surface area contributed by atoms with E-state index in [4.69, 9.17) is 9.47 Å². The molecule has 1 rings (SSSR count). The van der Waals surface area contributed by atoms with Gasteiger partial charge in [0.2, 0.25) is 0 Å². The molecule has 0 aliphatic heterocycles. The van der Waals surface area contributed by atoms with Gasteiger partial charge in [0.1, 0.15) is 17.1 Å². The van der Waals surface area contributed by atoms with Crippen LogP contribution in [-0.2, 0) is 0 Å². The summed E-state index contributed by atoms with van der Waals surface area (Å²) in [5.74, 6) is 0.918. The van der Waals surface area contributed by atoms with Crippen LogP contribution in [-0.4, -0.2) is 26.7 Å². The second-order valence-corrected chi connectivity index (χ2v) is 4.35. The number of rotatable bonds is 8. The Bertz CT molecular complexity index is 382. The van der Waals surface area contributed by atoms with Crippen LogP contribution in [0, 0.1) is 0 Å². The maximum absolute atomic E-state index is 12.2. The van der Waals surface area contributed by atoms with Gasteiger partial charge in [-0.05, 0) is 18.6 Å². The Morgan fingerprint density at radius 3 is 2.26 bits per heavy atom. The summed E-state index contributed by atoms with van der Waals surface area (Å²) in [5, 5.41) is 2.91. The zero-order valence-electron chi connectivity index (χ0n) is 12.0. The molecule has 1 aromatic carbocycles. The van der Waals surface area contributed by atoms with Crippen LogP contribution >= 0.6 is 0 Å². The van der Waals surface area contributed by atoms with Crippen LogP contribution < -0.4 is 14.8 Å². The lowest BCUT2D eigenvalue weighted by atomic mass is 10.1. The predicted octanol–water partition coefficient (Wildman–Crippen LogP) is 3.01. The maximum Gasteiger partial charge on any atom is 0.258 e. The summed E-state index contributed by atoms with van der Waals surface area (Å²) in [4.78, 5) is 12.2. The highest BCUT2D eigenvalue weighted by atomic mass is 16.5. The van der Waals surface area contributed by atoms with Crippen molar-refractivity contribution in [3.05, 3.63) is 23.8 Å². The van der Waals surface area contributed by atoms with Crippen molar-refractivity contribution >= 4 is 5.91 Å². The van der Waals surface area contributed by atoms with E-state index in [1.54, 1.807) is 32.4 Å². The third-order valence-corrected chi connectivity index (χ3v) is 2.97. The van der Waals surface area contributed by atoms with Crippen LogP contribution in [0.15, 0.2) is 18.2 Å².